The van der Waals surface area contributed by atoms with Gasteiger partial charge in [0.2, 0.25) is 0 Å². The maximum Gasteiger partial charge on any atom is 0.183 e. The van der Waals surface area contributed by atoms with E-state index in [1.54, 1.807) is 11.3 Å². The van der Waals surface area contributed by atoms with E-state index in [0.717, 1.165) is 26.9 Å². The zero-order valence-corrected chi connectivity index (χ0v) is 12.7. The molecule has 2 aromatic carbocycles. The Morgan fingerprint density at radius 3 is 2.80 bits per heavy atom. The van der Waals surface area contributed by atoms with Crippen molar-refractivity contribution in [3.63, 3.8) is 0 Å². The number of rotatable bonds is 4. The van der Waals surface area contributed by atoms with E-state index in [2.05, 4.69) is 41.5 Å². The normalized spacial score (nSPS) is 12.5. The highest BCUT2D eigenvalue weighted by molar-refractivity contribution is 7.22. The standard InChI is InChI=1S/C16H15ClN2S/c1-11(12-5-3-2-4-6-12)10-18-16-19-14-8-7-13(17)9-15(14)20-16/h2-9,11H,10H2,1H3,(H,18,19). The Labute approximate surface area is 127 Å². The predicted molar refractivity (Wildman–Crippen MR) is 88.0 cm³/mol. The van der Waals surface area contributed by atoms with Gasteiger partial charge in [-0.3, -0.25) is 0 Å². The number of anilines is 1. The summed E-state index contributed by atoms with van der Waals surface area (Å²) in [5.74, 6) is 0.451. The van der Waals surface area contributed by atoms with Gasteiger partial charge >= 0.3 is 0 Å². The molecule has 4 heteroatoms. The van der Waals surface area contributed by atoms with Crippen LogP contribution in [0.4, 0.5) is 5.13 Å². The zero-order chi connectivity index (χ0) is 13.9. The second-order valence-electron chi connectivity index (χ2n) is 4.82. The molecular formula is C16H15ClN2S. The second kappa shape index (κ2) is 5.81. The quantitative estimate of drug-likeness (QED) is 0.719. The van der Waals surface area contributed by atoms with Crippen molar-refractivity contribution in [2.24, 2.45) is 0 Å². The maximum atomic E-state index is 5.99. The number of hydrogen-bond acceptors (Lipinski definition) is 3. The van der Waals surface area contributed by atoms with E-state index in [4.69, 9.17) is 11.6 Å². The lowest BCUT2D eigenvalue weighted by Gasteiger charge is -2.11. The van der Waals surface area contributed by atoms with Crippen molar-refractivity contribution in [2.75, 3.05) is 11.9 Å². The van der Waals surface area contributed by atoms with Crippen LogP contribution in [-0.4, -0.2) is 11.5 Å². The summed E-state index contributed by atoms with van der Waals surface area (Å²) in [6, 6.07) is 16.3. The molecule has 0 aliphatic heterocycles. The van der Waals surface area contributed by atoms with Crippen molar-refractivity contribution in [1.29, 1.82) is 0 Å². The molecule has 0 aliphatic rings. The molecule has 20 heavy (non-hydrogen) atoms. The van der Waals surface area contributed by atoms with Crippen molar-refractivity contribution in [3.8, 4) is 0 Å². The van der Waals surface area contributed by atoms with Crippen molar-refractivity contribution in [1.82, 2.24) is 4.98 Å². The van der Waals surface area contributed by atoms with Crippen molar-refractivity contribution in [2.45, 2.75) is 12.8 Å². The summed E-state index contributed by atoms with van der Waals surface area (Å²) in [5.41, 5.74) is 2.33. The first-order valence-electron chi connectivity index (χ1n) is 6.57. The summed E-state index contributed by atoms with van der Waals surface area (Å²) < 4.78 is 1.12. The fourth-order valence-corrected chi connectivity index (χ4v) is 3.26. The van der Waals surface area contributed by atoms with Gasteiger partial charge in [0.1, 0.15) is 0 Å². The molecule has 1 N–H and O–H groups in total. The van der Waals surface area contributed by atoms with Gasteiger partial charge < -0.3 is 5.32 Å². The molecule has 1 unspecified atom stereocenters. The molecule has 0 amide bonds. The van der Waals surface area contributed by atoms with Crippen LogP contribution < -0.4 is 5.32 Å². The molecular weight excluding hydrogens is 288 g/mol. The van der Waals surface area contributed by atoms with E-state index in [1.807, 2.05) is 24.3 Å². The van der Waals surface area contributed by atoms with Gasteiger partial charge in [0.05, 0.1) is 10.2 Å². The fraction of sp³-hybridized carbons (Fsp3) is 0.188. The lowest BCUT2D eigenvalue weighted by atomic mass is 10.0. The average Bonchev–Trinajstić information content (AvgIpc) is 2.87. The predicted octanol–water partition coefficient (Wildman–Crippen LogP) is 5.17. The first-order valence-corrected chi connectivity index (χ1v) is 7.77. The van der Waals surface area contributed by atoms with Crippen molar-refractivity contribution < 1.29 is 0 Å². The highest BCUT2D eigenvalue weighted by Gasteiger charge is 2.07. The number of thiazole rings is 1. The Hall–Kier alpha value is -1.58. The van der Waals surface area contributed by atoms with E-state index >= 15 is 0 Å². The molecule has 3 aromatic rings. The van der Waals surface area contributed by atoms with Crippen LogP contribution in [0, 0.1) is 0 Å². The Bertz CT molecular complexity index is 709. The highest BCUT2D eigenvalue weighted by Crippen LogP contribution is 2.28. The minimum atomic E-state index is 0.451. The van der Waals surface area contributed by atoms with E-state index in [0.29, 0.717) is 5.92 Å². The second-order valence-corrected chi connectivity index (χ2v) is 6.29. The van der Waals surface area contributed by atoms with Crippen molar-refractivity contribution >= 4 is 38.3 Å². The van der Waals surface area contributed by atoms with Crippen LogP contribution in [0.3, 0.4) is 0 Å². The first kappa shape index (κ1) is 13.4. The summed E-state index contributed by atoms with van der Waals surface area (Å²) in [4.78, 5) is 4.57. The summed E-state index contributed by atoms with van der Waals surface area (Å²) in [7, 11) is 0. The topological polar surface area (TPSA) is 24.9 Å². The van der Waals surface area contributed by atoms with Crippen LogP contribution in [0.25, 0.3) is 10.2 Å². The number of hydrogen-bond donors (Lipinski definition) is 1. The van der Waals surface area contributed by atoms with Crippen LogP contribution in [-0.2, 0) is 0 Å². The first-order chi connectivity index (χ1) is 9.72. The molecule has 0 bridgehead atoms. The Kier molecular flexibility index (Phi) is 3.90. The maximum absolute atomic E-state index is 5.99. The third-order valence-corrected chi connectivity index (χ3v) is 4.49. The molecule has 0 fully saturated rings. The van der Waals surface area contributed by atoms with Gasteiger partial charge in [-0.05, 0) is 29.7 Å². The van der Waals surface area contributed by atoms with Gasteiger partial charge in [0, 0.05) is 11.6 Å². The number of nitrogens with one attached hydrogen (secondary N) is 1. The van der Waals surface area contributed by atoms with Gasteiger partial charge in [0.15, 0.2) is 5.13 Å². The van der Waals surface area contributed by atoms with Crippen LogP contribution in [0.5, 0.6) is 0 Å². The molecule has 0 spiro atoms. The molecule has 1 heterocycles. The third kappa shape index (κ3) is 2.94. The third-order valence-electron chi connectivity index (χ3n) is 3.28. The number of halogens is 1. The van der Waals surface area contributed by atoms with Gasteiger partial charge in [-0.1, -0.05) is 60.2 Å². The smallest absolute Gasteiger partial charge is 0.183 e. The molecule has 102 valence electrons. The Morgan fingerprint density at radius 1 is 1.20 bits per heavy atom. The lowest BCUT2D eigenvalue weighted by Crippen LogP contribution is -2.09. The van der Waals surface area contributed by atoms with E-state index < -0.39 is 0 Å². The summed E-state index contributed by atoms with van der Waals surface area (Å²) in [6.45, 7) is 3.09. The molecule has 1 aromatic heterocycles. The largest absolute Gasteiger partial charge is 0.361 e. The summed E-state index contributed by atoms with van der Waals surface area (Å²) in [6.07, 6.45) is 0. The van der Waals surface area contributed by atoms with E-state index in [9.17, 15) is 0 Å². The Balaban J connectivity index is 1.71. The number of nitrogens with zero attached hydrogens (tertiary/aromatic N) is 1. The van der Waals surface area contributed by atoms with Gasteiger partial charge in [-0.15, -0.1) is 0 Å². The molecule has 0 aliphatic carbocycles. The van der Waals surface area contributed by atoms with Gasteiger partial charge in [-0.25, -0.2) is 4.98 Å². The monoisotopic (exact) mass is 302 g/mol. The molecule has 2 nitrogen and oxygen atoms in total. The molecule has 3 rings (SSSR count). The van der Waals surface area contributed by atoms with Crippen LogP contribution in [0.15, 0.2) is 48.5 Å². The number of aromatic nitrogens is 1. The number of fused-ring (bicyclic) bond motifs is 1. The number of benzene rings is 2. The molecule has 0 saturated heterocycles. The van der Waals surface area contributed by atoms with E-state index in [1.165, 1.54) is 5.56 Å². The summed E-state index contributed by atoms with van der Waals surface area (Å²) in [5, 5.41) is 5.12. The SMILES string of the molecule is CC(CNc1nc2ccc(Cl)cc2s1)c1ccccc1. The highest BCUT2D eigenvalue weighted by atomic mass is 35.5. The van der Waals surface area contributed by atoms with Gasteiger partial charge in [0.25, 0.3) is 0 Å². The lowest BCUT2D eigenvalue weighted by molar-refractivity contribution is 0.804. The van der Waals surface area contributed by atoms with Gasteiger partial charge in [-0.2, -0.15) is 0 Å². The zero-order valence-electron chi connectivity index (χ0n) is 11.1. The minimum Gasteiger partial charge on any atom is -0.361 e. The van der Waals surface area contributed by atoms with E-state index in [-0.39, 0.29) is 0 Å². The van der Waals surface area contributed by atoms with Crippen molar-refractivity contribution in [3.05, 3.63) is 59.1 Å². The van der Waals surface area contributed by atoms with Crippen LogP contribution in [0.1, 0.15) is 18.4 Å². The minimum absolute atomic E-state index is 0.451. The summed E-state index contributed by atoms with van der Waals surface area (Å²) >= 11 is 7.64. The fourth-order valence-electron chi connectivity index (χ4n) is 2.11. The average molecular weight is 303 g/mol. The molecule has 0 saturated carbocycles. The molecule has 0 radical (unpaired) electrons. The Morgan fingerprint density at radius 2 is 2.00 bits per heavy atom. The van der Waals surface area contributed by atoms with Crippen LogP contribution in [0.2, 0.25) is 5.02 Å². The molecule has 1 atom stereocenters. The van der Waals surface area contributed by atoms with Crippen LogP contribution >= 0.6 is 22.9 Å².